The van der Waals surface area contributed by atoms with Crippen molar-refractivity contribution >= 4 is 22.4 Å². The van der Waals surface area contributed by atoms with Crippen molar-refractivity contribution in [2.45, 2.75) is 30.7 Å². The molecule has 4 aromatic carbocycles. The lowest BCUT2D eigenvalue weighted by Crippen LogP contribution is -2.27. The molecule has 4 aromatic rings. The fraction of sp³-hybridized carbons (Fsp3) is 0.179. The highest BCUT2D eigenvalue weighted by molar-refractivity contribution is 5.92. The van der Waals surface area contributed by atoms with E-state index in [9.17, 15) is 4.79 Å². The number of carbonyl (C=O) groups excluding carboxylic acids is 1. The van der Waals surface area contributed by atoms with E-state index in [4.69, 9.17) is 5.73 Å². The van der Waals surface area contributed by atoms with Gasteiger partial charge >= 0.3 is 0 Å². The second-order valence-corrected chi connectivity index (χ2v) is 8.68. The summed E-state index contributed by atoms with van der Waals surface area (Å²) in [4.78, 5) is 12.3. The molecule has 0 saturated heterocycles. The maximum atomic E-state index is 12.3. The minimum Gasteiger partial charge on any atom is -0.326 e. The van der Waals surface area contributed by atoms with Crippen LogP contribution in [-0.4, -0.2) is 11.4 Å². The highest BCUT2D eigenvalue weighted by Gasteiger charge is 2.51. The minimum absolute atomic E-state index is 0.00477. The number of carbonyl (C=O) groups is 1. The molecule has 0 aromatic heterocycles. The largest absolute Gasteiger partial charge is 0.326 e. The molecule has 5 rings (SSSR count). The molecule has 1 aliphatic rings. The molecule has 0 radical (unpaired) electrons. The molecule has 0 heterocycles. The summed E-state index contributed by atoms with van der Waals surface area (Å²) >= 11 is 0. The summed E-state index contributed by atoms with van der Waals surface area (Å²) in [6.45, 7) is 0. The Bertz CT molecular complexity index is 1220. The SMILES string of the molecule is N[C@]1(Cc2ccc3ccccc3c2)C[C@H]1c1ccc(NC(=O)Cc2ccccc2)cc1. The third-order valence-electron chi connectivity index (χ3n) is 6.27. The van der Waals surface area contributed by atoms with Crippen LogP contribution >= 0.6 is 0 Å². The first kappa shape index (κ1) is 19.5. The van der Waals surface area contributed by atoms with Crippen LogP contribution in [0.1, 0.15) is 29.0 Å². The summed E-state index contributed by atoms with van der Waals surface area (Å²) in [6.07, 6.45) is 2.24. The Balaban J connectivity index is 1.21. The molecule has 1 saturated carbocycles. The van der Waals surface area contributed by atoms with E-state index in [0.717, 1.165) is 24.1 Å². The van der Waals surface area contributed by atoms with Gasteiger partial charge in [0.05, 0.1) is 6.42 Å². The average Bonchev–Trinajstić information content (AvgIpc) is 3.45. The molecule has 1 fully saturated rings. The molecule has 154 valence electrons. The van der Waals surface area contributed by atoms with Crippen LogP contribution in [0.25, 0.3) is 10.8 Å². The Morgan fingerprint density at radius 3 is 2.32 bits per heavy atom. The first-order valence-electron chi connectivity index (χ1n) is 10.8. The van der Waals surface area contributed by atoms with Gasteiger partial charge in [-0.25, -0.2) is 0 Å². The molecule has 0 bridgehead atoms. The highest BCUT2D eigenvalue weighted by Crippen LogP contribution is 2.51. The van der Waals surface area contributed by atoms with Gasteiger partial charge in [-0.3, -0.25) is 4.79 Å². The predicted octanol–water partition coefficient (Wildman–Crippen LogP) is 5.45. The van der Waals surface area contributed by atoms with Crippen LogP contribution in [0, 0.1) is 0 Å². The molecule has 2 atom stereocenters. The zero-order valence-corrected chi connectivity index (χ0v) is 17.4. The molecule has 0 aliphatic heterocycles. The number of amides is 1. The smallest absolute Gasteiger partial charge is 0.228 e. The number of hydrogen-bond donors (Lipinski definition) is 2. The molecular weight excluding hydrogens is 380 g/mol. The topological polar surface area (TPSA) is 55.1 Å². The quantitative estimate of drug-likeness (QED) is 0.447. The number of fused-ring (bicyclic) bond motifs is 1. The molecule has 1 aliphatic carbocycles. The standard InChI is InChI=1S/C28H26N2O/c29-28(18-21-10-11-22-8-4-5-9-24(22)16-21)19-26(28)23-12-14-25(15-13-23)30-27(31)17-20-6-2-1-3-7-20/h1-16,26H,17-19,29H2,(H,30,31)/t26-,28+/m0/s1. The van der Waals surface area contributed by atoms with Gasteiger partial charge in [0, 0.05) is 17.1 Å². The second kappa shape index (κ2) is 8.01. The zero-order chi connectivity index (χ0) is 21.3. The van der Waals surface area contributed by atoms with Crippen molar-refractivity contribution in [3.8, 4) is 0 Å². The lowest BCUT2D eigenvalue weighted by atomic mass is 9.97. The molecule has 1 amide bonds. The van der Waals surface area contributed by atoms with Gasteiger partial charge in [-0.05, 0) is 52.4 Å². The van der Waals surface area contributed by atoms with Crippen LogP contribution in [0.3, 0.4) is 0 Å². The van der Waals surface area contributed by atoms with Crippen LogP contribution in [0.2, 0.25) is 0 Å². The number of anilines is 1. The number of benzene rings is 4. The lowest BCUT2D eigenvalue weighted by Gasteiger charge is -2.13. The molecular formula is C28H26N2O. The summed E-state index contributed by atoms with van der Waals surface area (Å²) in [5.41, 5.74) is 10.9. The molecule has 3 heteroatoms. The predicted molar refractivity (Wildman–Crippen MR) is 127 cm³/mol. The van der Waals surface area contributed by atoms with E-state index in [0.29, 0.717) is 12.3 Å². The Hall–Kier alpha value is -3.43. The van der Waals surface area contributed by atoms with Crippen molar-refractivity contribution in [3.05, 3.63) is 114 Å². The zero-order valence-electron chi connectivity index (χ0n) is 17.4. The first-order chi connectivity index (χ1) is 15.1. The van der Waals surface area contributed by atoms with Crippen molar-refractivity contribution < 1.29 is 4.79 Å². The maximum absolute atomic E-state index is 12.3. The number of nitrogens with one attached hydrogen (secondary N) is 1. The van der Waals surface area contributed by atoms with E-state index >= 15 is 0 Å². The van der Waals surface area contributed by atoms with Gasteiger partial charge in [0.2, 0.25) is 5.91 Å². The fourth-order valence-electron chi connectivity index (χ4n) is 4.48. The van der Waals surface area contributed by atoms with E-state index in [1.807, 2.05) is 42.5 Å². The number of hydrogen-bond acceptors (Lipinski definition) is 2. The van der Waals surface area contributed by atoms with Gasteiger partial charge in [0.15, 0.2) is 0 Å². The third-order valence-corrected chi connectivity index (χ3v) is 6.27. The van der Waals surface area contributed by atoms with Crippen LogP contribution in [-0.2, 0) is 17.6 Å². The third kappa shape index (κ3) is 4.37. The summed E-state index contributed by atoms with van der Waals surface area (Å²) in [7, 11) is 0. The Labute approximate surface area is 182 Å². The Kier molecular flexibility index (Phi) is 5.05. The van der Waals surface area contributed by atoms with E-state index in [1.54, 1.807) is 0 Å². The van der Waals surface area contributed by atoms with E-state index in [-0.39, 0.29) is 11.4 Å². The van der Waals surface area contributed by atoms with E-state index < -0.39 is 0 Å². The maximum Gasteiger partial charge on any atom is 0.228 e. The Morgan fingerprint density at radius 1 is 0.839 bits per heavy atom. The van der Waals surface area contributed by atoms with Gasteiger partial charge in [-0.1, -0.05) is 84.9 Å². The van der Waals surface area contributed by atoms with Crippen molar-refractivity contribution in [2.75, 3.05) is 5.32 Å². The van der Waals surface area contributed by atoms with E-state index in [1.165, 1.54) is 21.9 Å². The average molecular weight is 407 g/mol. The number of rotatable bonds is 6. The van der Waals surface area contributed by atoms with Gasteiger partial charge < -0.3 is 11.1 Å². The van der Waals surface area contributed by atoms with Crippen molar-refractivity contribution in [1.82, 2.24) is 0 Å². The first-order valence-corrected chi connectivity index (χ1v) is 10.8. The fourth-order valence-corrected chi connectivity index (χ4v) is 4.48. The summed E-state index contributed by atoms with van der Waals surface area (Å²) in [5, 5.41) is 5.50. The van der Waals surface area contributed by atoms with Gasteiger partial charge in [-0.2, -0.15) is 0 Å². The minimum atomic E-state index is -0.194. The highest BCUT2D eigenvalue weighted by atomic mass is 16.1. The normalized spacial score (nSPS) is 19.8. The molecule has 31 heavy (non-hydrogen) atoms. The summed E-state index contributed by atoms with van der Waals surface area (Å²) in [6, 6.07) is 33.0. The van der Waals surface area contributed by atoms with Gasteiger partial charge in [0.25, 0.3) is 0 Å². The van der Waals surface area contributed by atoms with Crippen molar-refractivity contribution in [3.63, 3.8) is 0 Å². The Morgan fingerprint density at radius 2 is 1.55 bits per heavy atom. The monoisotopic (exact) mass is 406 g/mol. The summed E-state index contributed by atoms with van der Waals surface area (Å²) in [5.74, 6) is 0.350. The van der Waals surface area contributed by atoms with Crippen LogP contribution in [0.4, 0.5) is 5.69 Å². The van der Waals surface area contributed by atoms with Crippen molar-refractivity contribution in [1.29, 1.82) is 0 Å². The lowest BCUT2D eigenvalue weighted by molar-refractivity contribution is -0.115. The second-order valence-electron chi connectivity index (χ2n) is 8.68. The molecule has 3 nitrogen and oxygen atoms in total. The van der Waals surface area contributed by atoms with Crippen molar-refractivity contribution in [2.24, 2.45) is 5.73 Å². The van der Waals surface area contributed by atoms with Gasteiger partial charge in [-0.15, -0.1) is 0 Å². The summed E-state index contributed by atoms with van der Waals surface area (Å²) < 4.78 is 0. The molecule has 0 spiro atoms. The van der Waals surface area contributed by atoms with Gasteiger partial charge in [0.1, 0.15) is 0 Å². The van der Waals surface area contributed by atoms with Crippen LogP contribution in [0.5, 0.6) is 0 Å². The molecule has 0 unspecified atom stereocenters. The number of nitrogens with two attached hydrogens (primary N) is 1. The van der Waals surface area contributed by atoms with Crippen LogP contribution < -0.4 is 11.1 Å². The molecule has 3 N–H and O–H groups in total. The van der Waals surface area contributed by atoms with E-state index in [2.05, 4.69) is 59.9 Å². The van der Waals surface area contributed by atoms with Crippen LogP contribution in [0.15, 0.2) is 97.1 Å².